The van der Waals surface area contributed by atoms with Crippen LogP contribution in [0.4, 0.5) is 5.69 Å². The summed E-state index contributed by atoms with van der Waals surface area (Å²) < 4.78 is 1.42. The molecule has 0 spiro atoms. The Labute approximate surface area is 125 Å². The molecule has 0 aromatic carbocycles. The van der Waals surface area contributed by atoms with Crippen molar-refractivity contribution in [1.82, 2.24) is 14.7 Å². The Morgan fingerprint density at radius 1 is 1.40 bits per heavy atom. The van der Waals surface area contributed by atoms with E-state index in [2.05, 4.69) is 22.2 Å². The predicted octanol–water partition coefficient (Wildman–Crippen LogP) is 2.30. The summed E-state index contributed by atoms with van der Waals surface area (Å²) in [4.78, 5) is 14.2. The maximum atomic E-state index is 12.1. The molecule has 0 aliphatic heterocycles. The van der Waals surface area contributed by atoms with Gasteiger partial charge in [-0.05, 0) is 39.9 Å². The molecule has 5 nitrogen and oxygen atoms in total. The Balaban J connectivity index is 2.77. The summed E-state index contributed by atoms with van der Waals surface area (Å²) in [7, 11) is 4.07. The van der Waals surface area contributed by atoms with Gasteiger partial charge in [0.15, 0.2) is 0 Å². The number of hydrogen-bond donors (Lipinski definition) is 1. The minimum Gasteiger partial charge on any atom is -0.380 e. The SMILES string of the molecule is CC(C)Cn1ncc(NC(C)CCN(C)C)c(Cl)c1=O. The van der Waals surface area contributed by atoms with E-state index < -0.39 is 0 Å². The van der Waals surface area contributed by atoms with Crippen molar-refractivity contribution in [2.45, 2.75) is 39.8 Å². The van der Waals surface area contributed by atoms with Crippen molar-refractivity contribution in [2.24, 2.45) is 5.92 Å². The van der Waals surface area contributed by atoms with Crippen LogP contribution >= 0.6 is 11.6 Å². The summed E-state index contributed by atoms with van der Waals surface area (Å²) >= 11 is 6.14. The number of rotatable bonds is 7. The van der Waals surface area contributed by atoms with E-state index in [0.29, 0.717) is 18.2 Å². The zero-order chi connectivity index (χ0) is 15.3. The minimum absolute atomic E-state index is 0.220. The number of nitrogens with zero attached hydrogens (tertiary/aromatic N) is 3. The Hall–Kier alpha value is -1.07. The third-order valence-corrected chi connectivity index (χ3v) is 3.30. The molecule has 1 atom stereocenters. The topological polar surface area (TPSA) is 50.2 Å². The molecule has 0 radical (unpaired) electrons. The monoisotopic (exact) mass is 300 g/mol. The van der Waals surface area contributed by atoms with Gasteiger partial charge in [-0.2, -0.15) is 5.10 Å². The Kier molecular flexibility index (Phi) is 6.49. The lowest BCUT2D eigenvalue weighted by atomic mass is 10.2. The first-order chi connectivity index (χ1) is 9.31. The lowest BCUT2D eigenvalue weighted by Gasteiger charge is -2.18. The van der Waals surface area contributed by atoms with Crippen LogP contribution in [0, 0.1) is 5.92 Å². The van der Waals surface area contributed by atoms with E-state index in [-0.39, 0.29) is 16.6 Å². The maximum Gasteiger partial charge on any atom is 0.287 e. The first-order valence-electron chi connectivity index (χ1n) is 6.98. The number of nitrogens with one attached hydrogen (secondary N) is 1. The summed E-state index contributed by atoms with van der Waals surface area (Å²) in [6, 6.07) is 0.233. The summed E-state index contributed by atoms with van der Waals surface area (Å²) in [6.07, 6.45) is 2.61. The fourth-order valence-electron chi connectivity index (χ4n) is 1.83. The fraction of sp³-hybridized carbons (Fsp3) is 0.714. The van der Waals surface area contributed by atoms with Crippen LogP contribution in [0.3, 0.4) is 0 Å². The standard InChI is InChI=1S/C14H25ClN4O/c1-10(2)9-19-14(20)13(15)12(8-16-19)17-11(3)6-7-18(4)5/h8,10-11,17H,6-7,9H2,1-5H3. The second-order valence-electron chi connectivity index (χ2n) is 5.89. The van der Waals surface area contributed by atoms with E-state index in [1.165, 1.54) is 4.68 Å². The maximum absolute atomic E-state index is 12.1. The molecule has 0 saturated heterocycles. The van der Waals surface area contributed by atoms with Gasteiger partial charge in [0.1, 0.15) is 5.02 Å². The molecule has 0 bridgehead atoms. The third kappa shape index (κ3) is 5.13. The first kappa shape index (κ1) is 17.0. The molecule has 0 fully saturated rings. The van der Waals surface area contributed by atoms with Crippen LogP contribution in [0.5, 0.6) is 0 Å². The van der Waals surface area contributed by atoms with E-state index in [4.69, 9.17) is 11.6 Å². The molecule has 0 aliphatic rings. The van der Waals surface area contributed by atoms with E-state index in [9.17, 15) is 4.79 Å². The smallest absolute Gasteiger partial charge is 0.287 e. The van der Waals surface area contributed by atoms with Crippen molar-refractivity contribution in [3.63, 3.8) is 0 Å². The largest absolute Gasteiger partial charge is 0.380 e. The van der Waals surface area contributed by atoms with Gasteiger partial charge in [-0.3, -0.25) is 4.79 Å². The molecule has 0 aliphatic carbocycles. The van der Waals surface area contributed by atoms with Crippen molar-refractivity contribution < 1.29 is 0 Å². The highest BCUT2D eigenvalue weighted by atomic mass is 35.5. The Morgan fingerprint density at radius 3 is 2.60 bits per heavy atom. The van der Waals surface area contributed by atoms with Crippen LogP contribution in [-0.4, -0.2) is 41.4 Å². The van der Waals surface area contributed by atoms with Crippen LogP contribution in [-0.2, 0) is 6.54 Å². The average Bonchev–Trinajstić information content (AvgIpc) is 2.35. The van der Waals surface area contributed by atoms with Gasteiger partial charge in [-0.1, -0.05) is 25.4 Å². The van der Waals surface area contributed by atoms with Crippen molar-refractivity contribution in [3.05, 3.63) is 21.6 Å². The molecule has 114 valence electrons. The summed E-state index contributed by atoms with van der Waals surface area (Å²) in [5.41, 5.74) is 0.383. The second kappa shape index (κ2) is 7.64. The highest BCUT2D eigenvalue weighted by molar-refractivity contribution is 6.32. The summed E-state index contributed by atoms with van der Waals surface area (Å²) in [5, 5.41) is 7.65. The van der Waals surface area contributed by atoms with Crippen LogP contribution in [0.25, 0.3) is 0 Å². The third-order valence-electron chi connectivity index (χ3n) is 2.93. The van der Waals surface area contributed by atoms with Crippen molar-refractivity contribution in [1.29, 1.82) is 0 Å². The van der Waals surface area contributed by atoms with Crippen LogP contribution in [0.1, 0.15) is 27.2 Å². The van der Waals surface area contributed by atoms with Crippen molar-refractivity contribution in [2.75, 3.05) is 26.0 Å². The number of hydrogen-bond acceptors (Lipinski definition) is 4. The van der Waals surface area contributed by atoms with Crippen LogP contribution in [0.15, 0.2) is 11.0 Å². The Bertz CT molecular complexity index is 485. The molecule has 1 unspecified atom stereocenters. The fourth-order valence-corrected chi connectivity index (χ4v) is 2.03. The van der Waals surface area contributed by atoms with Gasteiger partial charge in [0, 0.05) is 12.6 Å². The molecule has 0 saturated carbocycles. The van der Waals surface area contributed by atoms with Crippen molar-refractivity contribution >= 4 is 17.3 Å². The summed E-state index contributed by atoms with van der Waals surface area (Å²) in [6.45, 7) is 7.70. The zero-order valence-corrected chi connectivity index (χ0v) is 13.7. The van der Waals surface area contributed by atoms with Gasteiger partial charge >= 0.3 is 0 Å². The minimum atomic E-state index is -0.231. The van der Waals surface area contributed by atoms with Gasteiger partial charge in [0.05, 0.1) is 11.9 Å². The molecule has 1 N–H and O–H groups in total. The van der Waals surface area contributed by atoms with Gasteiger partial charge in [0.25, 0.3) is 5.56 Å². The average molecular weight is 301 g/mol. The molecular formula is C14H25ClN4O. The molecule has 0 amide bonds. The number of anilines is 1. The summed E-state index contributed by atoms with van der Waals surface area (Å²) in [5.74, 6) is 0.356. The number of halogens is 1. The van der Waals surface area contributed by atoms with Crippen LogP contribution in [0.2, 0.25) is 5.02 Å². The quantitative estimate of drug-likeness (QED) is 0.839. The van der Waals surface area contributed by atoms with Gasteiger partial charge in [-0.15, -0.1) is 0 Å². The Morgan fingerprint density at radius 2 is 2.05 bits per heavy atom. The molecule has 1 heterocycles. The number of aromatic nitrogens is 2. The predicted molar refractivity (Wildman–Crippen MR) is 84.6 cm³/mol. The molecule has 20 heavy (non-hydrogen) atoms. The highest BCUT2D eigenvalue weighted by Crippen LogP contribution is 2.17. The lowest BCUT2D eigenvalue weighted by molar-refractivity contribution is 0.390. The normalized spacial score (nSPS) is 13.0. The van der Waals surface area contributed by atoms with Gasteiger partial charge < -0.3 is 10.2 Å². The van der Waals surface area contributed by atoms with Gasteiger partial charge in [-0.25, -0.2) is 4.68 Å². The van der Waals surface area contributed by atoms with E-state index in [0.717, 1.165) is 13.0 Å². The molecular weight excluding hydrogens is 276 g/mol. The van der Waals surface area contributed by atoms with Crippen molar-refractivity contribution in [3.8, 4) is 0 Å². The molecule has 1 aromatic rings. The molecule has 1 rings (SSSR count). The van der Waals surface area contributed by atoms with E-state index >= 15 is 0 Å². The lowest BCUT2D eigenvalue weighted by Crippen LogP contribution is -2.28. The van der Waals surface area contributed by atoms with E-state index in [1.54, 1.807) is 6.20 Å². The zero-order valence-electron chi connectivity index (χ0n) is 13.0. The van der Waals surface area contributed by atoms with E-state index in [1.807, 2.05) is 27.9 Å². The molecule has 1 aromatic heterocycles. The van der Waals surface area contributed by atoms with Gasteiger partial charge in [0.2, 0.25) is 0 Å². The van der Waals surface area contributed by atoms with Crippen LogP contribution < -0.4 is 10.9 Å². The first-order valence-corrected chi connectivity index (χ1v) is 7.36. The highest BCUT2D eigenvalue weighted by Gasteiger charge is 2.12. The molecule has 6 heteroatoms. The second-order valence-corrected chi connectivity index (χ2v) is 6.27.